The van der Waals surface area contributed by atoms with Gasteiger partial charge in [0, 0.05) is 90.2 Å². The van der Waals surface area contributed by atoms with Gasteiger partial charge in [-0.15, -0.1) is 0 Å². The summed E-state index contributed by atoms with van der Waals surface area (Å²) in [7, 11) is 1.63. The quantitative estimate of drug-likeness (QED) is 0.0744. The summed E-state index contributed by atoms with van der Waals surface area (Å²) in [6.07, 6.45) is 9.70. The van der Waals surface area contributed by atoms with Crippen molar-refractivity contribution in [3.63, 3.8) is 0 Å². The zero-order chi connectivity index (χ0) is 37.6. The molecule has 0 radical (unpaired) electrons. The standard InChI is InChI=1S/C39H55N9O4S/c1-30-43-35(42-29-53-33(27-50)26-40-2)25-36(44-30)47-22-20-45(21-23-47)16-5-4-8-37(51)48-19-15-39(28-48)13-17-46(18-14-39)32-11-9-31(10-12-32)34(7-6-24-49)38(52)41-3/h9-12,24-27,34H,2,4-8,13-23,28-29H2,1,3H3,(H,41,52)(H,42,43,44)/b33-26-. The molecule has 53 heavy (non-hydrogen) atoms. The Hall–Kier alpha value is -4.30. The molecule has 1 aromatic heterocycles. The van der Waals surface area contributed by atoms with Crippen LogP contribution < -0.4 is 20.4 Å². The topological polar surface area (TPSA) is 143 Å². The van der Waals surface area contributed by atoms with Crippen molar-refractivity contribution < 1.29 is 19.2 Å². The number of hydrogen-bond acceptors (Lipinski definition) is 12. The van der Waals surface area contributed by atoms with Crippen LogP contribution >= 0.6 is 11.8 Å². The summed E-state index contributed by atoms with van der Waals surface area (Å²) in [5, 5.41) is 5.99. The van der Waals surface area contributed by atoms with E-state index in [-0.39, 0.29) is 17.2 Å². The summed E-state index contributed by atoms with van der Waals surface area (Å²) in [5.74, 6) is 2.71. The number of unbranched alkanes of at least 4 members (excludes halogenated alkanes) is 1. The number of benzene rings is 1. The average molecular weight is 746 g/mol. The Morgan fingerprint density at radius 3 is 2.42 bits per heavy atom. The predicted octanol–water partition coefficient (Wildman–Crippen LogP) is 4.25. The van der Waals surface area contributed by atoms with Crippen LogP contribution in [0.2, 0.25) is 0 Å². The summed E-state index contributed by atoms with van der Waals surface area (Å²) in [5.41, 5.74) is 2.31. The Morgan fingerprint density at radius 1 is 1.00 bits per heavy atom. The summed E-state index contributed by atoms with van der Waals surface area (Å²) in [6, 6.07) is 10.2. The fourth-order valence-electron chi connectivity index (χ4n) is 7.73. The van der Waals surface area contributed by atoms with E-state index < -0.39 is 0 Å². The summed E-state index contributed by atoms with van der Waals surface area (Å²) in [4.78, 5) is 70.3. The molecule has 1 aromatic carbocycles. The van der Waals surface area contributed by atoms with Crippen LogP contribution in [0.1, 0.15) is 68.7 Å². The maximum Gasteiger partial charge on any atom is 0.227 e. The number of likely N-dealkylation sites (tertiary alicyclic amines) is 1. The van der Waals surface area contributed by atoms with Crippen LogP contribution in [-0.2, 0) is 19.2 Å². The number of carbonyl (C=O) groups is 4. The molecule has 3 saturated heterocycles. The number of thioether (sulfide) groups is 1. The molecule has 2 aromatic rings. The van der Waals surface area contributed by atoms with Crippen LogP contribution in [-0.4, -0.2) is 123 Å². The largest absolute Gasteiger partial charge is 0.371 e. The van der Waals surface area contributed by atoms with Crippen molar-refractivity contribution in [1.29, 1.82) is 0 Å². The van der Waals surface area contributed by atoms with Crippen LogP contribution in [0.4, 0.5) is 17.3 Å². The number of nitrogens with one attached hydrogen (secondary N) is 2. The maximum absolute atomic E-state index is 13.2. The van der Waals surface area contributed by atoms with Crippen LogP contribution in [0, 0.1) is 12.3 Å². The van der Waals surface area contributed by atoms with Gasteiger partial charge >= 0.3 is 0 Å². The normalized spacial score (nSPS) is 18.2. The molecule has 1 spiro atoms. The van der Waals surface area contributed by atoms with Gasteiger partial charge in [0.1, 0.15) is 23.7 Å². The lowest BCUT2D eigenvalue weighted by Gasteiger charge is -2.40. The van der Waals surface area contributed by atoms with Gasteiger partial charge in [-0.05, 0) is 81.8 Å². The molecule has 2 amide bonds. The lowest BCUT2D eigenvalue weighted by Crippen LogP contribution is -2.47. The van der Waals surface area contributed by atoms with E-state index in [0.29, 0.717) is 41.8 Å². The first-order chi connectivity index (χ1) is 25.8. The lowest BCUT2D eigenvalue weighted by atomic mass is 9.77. The van der Waals surface area contributed by atoms with E-state index >= 15 is 0 Å². The summed E-state index contributed by atoms with van der Waals surface area (Å²) >= 11 is 1.34. The minimum Gasteiger partial charge on any atom is -0.371 e. The van der Waals surface area contributed by atoms with E-state index in [0.717, 1.165) is 126 Å². The summed E-state index contributed by atoms with van der Waals surface area (Å²) < 4.78 is 0. The number of piperazine rings is 1. The molecule has 1 unspecified atom stereocenters. The van der Waals surface area contributed by atoms with E-state index in [9.17, 15) is 19.2 Å². The predicted molar refractivity (Wildman–Crippen MR) is 213 cm³/mol. The number of hydrogen-bond donors (Lipinski definition) is 2. The number of aromatic nitrogens is 2. The monoisotopic (exact) mass is 745 g/mol. The molecule has 5 rings (SSSR count). The summed E-state index contributed by atoms with van der Waals surface area (Å²) in [6.45, 7) is 13.6. The van der Waals surface area contributed by atoms with Crippen LogP contribution in [0.5, 0.6) is 0 Å². The van der Waals surface area contributed by atoms with Crippen molar-refractivity contribution in [3.8, 4) is 0 Å². The van der Waals surface area contributed by atoms with Gasteiger partial charge in [-0.1, -0.05) is 23.9 Å². The molecule has 3 aliphatic rings. The highest BCUT2D eigenvalue weighted by Gasteiger charge is 2.42. The number of amides is 2. The van der Waals surface area contributed by atoms with Gasteiger partial charge in [-0.2, -0.15) is 0 Å². The van der Waals surface area contributed by atoms with Gasteiger partial charge < -0.3 is 30.1 Å². The highest BCUT2D eigenvalue weighted by Crippen LogP contribution is 2.41. The Kier molecular flexibility index (Phi) is 14.8. The van der Waals surface area contributed by atoms with Crippen molar-refractivity contribution in [2.45, 2.75) is 64.2 Å². The molecule has 1 atom stereocenters. The van der Waals surface area contributed by atoms with Crippen molar-refractivity contribution in [2.75, 3.05) is 86.9 Å². The van der Waals surface area contributed by atoms with Gasteiger partial charge in [0.15, 0.2) is 6.29 Å². The first kappa shape index (κ1) is 39.9. The molecule has 4 heterocycles. The molecular weight excluding hydrogens is 691 g/mol. The number of allylic oxidation sites excluding steroid dienone is 1. The first-order valence-corrected chi connectivity index (χ1v) is 19.8. The van der Waals surface area contributed by atoms with E-state index in [1.54, 1.807) is 7.05 Å². The smallest absolute Gasteiger partial charge is 0.227 e. The van der Waals surface area contributed by atoms with Gasteiger partial charge in [-0.25, -0.2) is 9.97 Å². The number of aliphatic imine (C=N–C) groups is 1. The number of aryl methyl sites for hydroxylation is 1. The highest BCUT2D eigenvalue weighted by molar-refractivity contribution is 8.03. The minimum absolute atomic E-state index is 0.0624. The van der Waals surface area contributed by atoms with Crippen molar-refractivity contribution in [2.24, 2.45) is 10.4 Å². The molecule has 3 aliphatic heterocycles. The molecule has 0 bridgehead atoms. The fourth-order valence-corrected chi connectivity index (χ4v) is 8.33. The Morgan fingerprint density at radius 2 is 1.74 bits per heavy atom. The lowest BCUT2D eigenvalue weighted by molar-refractivity contribution is -0.130. The third kappa shape index (κ3) is 11.1. The van der Waals surface area contributed by atoms with Gasteiger partial charge in [0.2, 0.25) is 11.8 Å². The third-order valence-electron chi connectivity index (χ3n) is 10.9. The van der Waals surface area contributed by atoms with E-state index in [2.05, 4.69) is 64.0 Å². The number of nitrogens with zero attached hydrogens (tertiary/aromatic N) is 7. The highest BCUT2D eigenvalue weighted by atomic mass is 32.2. The molecule has 286 valence electrons. The van der Waals surface area contributed by atoms with Crippen LogP contribution in [0.15, 0.2) is 46.4 Å². The zero-order valence-electron chi connectivity index (χ0n) is 31.3. The Balaban J connectivity index is 0.986. The number of likely N-dealkylation sites (N-methyl/N-ethyl adjacent to an activating group) is 1. The van der Waals surface area contributed by atoms with Crippen LogP contribution in [0.3, 0.4) is 0 Å². The molecule has 2 N–H and O–H groups in total. The first-order valence-electron chi connectivity index (χ1n) is 18.8. The molecule has 0 saturated carbocycles. The molecule has 14 heteroatoms. The average Bonchev–Trinajstić information content (AvgIpc) is 3.60. The molecular formula is C39H55N9O4S. The molecule has 3 fully saturated rings. The molecule has 0 aliphatic carbocycles. The number of carbonyl (C=O) groups excluding carboxylic acids is 4. The van der Waals surface area contributed by atoms with Gasteiger partial charge in [0.05, 0.1) is 16.7 Å². The second-order valence-electron chi connectivity index (χ2n) is 14.3. The number of anilines is 3. The SMILES string of the molecule is C=N/C=C(/C=O)SCNc1cc(N2CCN(CCCCC(=O)N3CCC4(CCN(c5ccc(C(CCC=O)C(=O)NC)cc5)CC4)C3)CC2)nc(C)n1. The third-order valence-corrected chi connectivity index (χ3v) is 11.7. The Bertz CT molecular complexity index is 1590. The van der Waals surface area contributed by atoms with E-state index in [4.69, 9.17) is 0 Å². The number of rotatable bonds is 18. The minimum atomic E-state index is -0.319. The maximum atomic E-state index is 13.2. The number of aldehydes is 2. The van der Waals surface area contributed by atoms with Crippen molar-refractivity contribution in [1.82, 2.24) is 25.1 Å². The molecule has 13 nitrogen and oxygen atoms in total. The fraction of sp³-hybridized carbons (Fsp3) is 0.564. The van der Waals surface area contributed by atoms with E-state index in [1.807, 2.05) is 25.1 Å². The van der Waals surface area contributed by atoms with Gasteiger partial charge in [-0.3, -0.25) is 24.3 Å². The second-order valence-corrected chi connectivity index (χ2v) is 15.3. The van der Waals surface area contributed by atoms with E-state index in [1.165, 1.54) is 18.0 Å². The van der Waals surface area contributed by atoms with Crippen molar-refractivity contribution in [3.05, 3.63) is 52.8 Å². The van der Waals surface area contributed by atoms with Crippen molar-refractivity contribution >= 4 is 60.2 Å². The Labute approximate surface area is 318 Å². The second kappa shape index (κ2) is 19.7. The van der Waals surface area contributed by atoms with Gasteiger partial charge in [0.25, 0.3) is 0 Å². The van der Waals surface area contributed by atoms with Crippen LogP contribution in [0.25, 0.3) is 0 Å². The number of piperidine rings is 1. The zero-order valence-corrected chi connectivity index (χ0v) is 32.1.